The molecule has 0 heterocycles. The Morgan fingerprint density at radius 3 is 2.42 bits per heavy atom. The molecule has 2 nitrogen and oxygen atoms in total. The molecule has 0 aromatic heterocycles. The fourth-order valence-corrected chi connectivity index (χ4v) is 6.10. The zero-order chi connectivity index (χ0) is 16.7. The maximum atomic E-state index is 12.4. The van der Waals surface area contributed by atoms with Gasteiger partial charge in [0.05, 0.1) is 0 Å². The molecule has 0 radical (unpaired) electrons. The van der Waals surface area contributed by atoms with Gasteiger partial charge in [-0.15, -0.1) is 0 Å². The summed E-state index contributed by atoms with van der Waals surface area (Å²) in [5.74, 6) is 2.76. The normalized spacial score (nSPS) is 35.3. The Balaban J connectivity index is 1.41. The molecule has 1 aromatic rings. The Bertz CT molecular complexity index is 630. The van der Waals surface area contributed by atoms with E-state index in [1.165, 1.54) is 38.5 Å². The third-order valence-electron chi connectivity index (χ3n) is 6.64. The van der Waals surface area contributed by atoms with Crippen molar-refractivity contribution in [1.29, 1.82) is 0 Å². The van der Waals surface area contributed by atoms with E-state index in [0.717, 1.165) is 23.3 Å². The van der Waals surface area contributed by atoms with Crippen molar-refractivity contribution in [2.75, 3.05) is 0 Å². The number of hydrogen-bond donors (Lipinski definition) is 1. The highest BCUT2D eigenvalue weighted by Crippen LogP contribution is 2.61. The highest BCUT2D eigenvalue weighted by molar-refractivity contribution is 6.30. The lowest BCUT2D eigenvalue weighted by Gasteiger charge is -2.59. The number of hydrogen-bond acceptors (Lipinski definition) is 1. The van der Waals surface area contributed by atoms with Crippen LogP contribution < -0.4 is 5.32 Å². The number of nitrogens with one attached hydrogen (secondary N) is 1. The number of benzene rings is 1. The molecule has 0 spiro atoms. The van der Waals surface area contributed by atoms with Gasteiger partial charge in [-0.25, -0.2) is 0 Å². The molecule has 3 heteroatoms. The number of carbonyl (C=O) groups excluding carboxylic acids is 1. The summed E-state index contributed by atoms with van der Waals surface area (Å²) >= 11 is 5.99. The minimum Gasteiger partial charge on any atom is -0.350 e. The maximum Gasteiger partial charge on any atom is 0.244 e. The van der Waals surface area contributed by atoms with Crippen LogP contribution in [0.1, 0.15) is 51.0 Å². The predicted molar refractivity (Wildman–Crippen MR) is 98.7 cm³/mol. The van der Waals surface area contributed by atoms with Crippen molar-refractivity contribution < 1.29 is 4.79 Å². The molecule has 5 rings (SSSR count). The summed E-state index contributed by atoms with van der Waals surface area (Å²) in [5, 5.41) is 3.96. The van der Waals surface area contributed by atoms with Crippen LogP contribution in [0.15, 0.2) is 30.3 Å². The fourth-order valence-electron chi connectivity index (χ4n) is 5.90. The van der Waals surface area contributed by atoms with Crippen molar-refractivity contribution in [2.45, 2.75) is 51.5 Å². The van der Waals surface area contributed by atoms with Gasteiger partial charge in [-0.3, -0.25) is 4.79 Å². The van der Waals surface area contributed by atoms with Crippen LogP contribution in [0.3, 0.4) is 0 Å². The molecule has 128 valence electrons. The van der Waals surface area contributed by atoms with E-state index in [0.29, 0.717) is 10.4 Å². The fraction of sp³-hybridized carbons (Fsp3) is 0.571. The van der Waals surface area contributed by atoms with E-state index >= 15 is 0 Å². The van der Waals surface area contributed by atoms with Gasteiger partial charge in [-0.1, -0.05) is 23.7 Å². The van der Waals surface area contributed by atoms with Crippen molar-refractivity contribution in [2.24, 2.45) is 23.2 Å². The lowest BCUT2D eigenvalue weighted by molar-refractivity contribution is -0.121. The molecule has 4 saturated carbocycles. The van der Waals surface area contributed by atoms with Crippen molar-refractivity contribution in [1.82, 2.24) is 5.32 Å². The van der Waals surface area contributed by atoms with Gasteiger partial charge in [-0.2, -0.15) is 0 Å². The zero-order valence-electron chi connectivity index (χ0n) is 14.3. The molecular formula is C21H26ClNO. The summed E-state index contributed by atoms with van der Waals surface area (Å²) in [5.41, 5.74) is 1.31. The van der Waals surface area contributed by atoms with Gasteiger partial charge in [0.25, 0.3) is 0 Å². The van der Waals surface area contributed by atoms with Crippen LogP contribution in [0, 0.1) is 23.2 Å². The minimum atomic E-state index is 0.0122. The highest BCUT2D eigenvalue weighted by Gasteiger charge is 2.53. The molecule has 4 fully saturated rings. The van der Waals surface area contributed by atoms with E-state index in [1.54, 1.807) is 6.08 Å². The van der Waals surface area contributed by atoms with Crippen LogP contribution in [0.5, 0.6) is 0 Å². The second-order valence-corrected chi connectivity index (χ2v) is 8.83. The Morgan fingerprint density at radius 1 is 1.21 bits per heavy atom. The Labute approximate surface area is 149 Å². The second kappa shape index (κ2) is 6.22. The van der Waals surface area contributed by atoms with E-state index < -0.39 is 0 Å². The van der Waals surface area contributed by atoms with Gasteiger partial charge in [0.1, 0.15) is 0 Å². The lowest BCUT2D eigenvalue weighted by atomic mass is 9.48. The third kappa shape index (κ3) is 3.13. The van der Waals surface area contributed by atoms with Gasteiger partial charge in [0.2, 0.25) is 5.91 Å². The Morgan fingerprint density at radius 2 is 1.83 bits per heavy atom. The largest absolute Gasteiger partial charge is 0.350 e. The summed E-state index contributed by atoms with van der Waals surface area (Å²) in [7, 11) is 0. The molecule has 1 unspecified atom stereocenters. The summed E-state index contributed by atoms with van der Waals surface area (Å²) in [6.45, 7) is 2.22. The van der Waals surface area contributed by atoms with Crippen LogP contribution >= 0.6 is 11.6 Å². The molecule has 0 aliphatic heterocycles. The summed E-state index contributed by atoms with van der Waals surface area (Å²) in [6.07, 6.45) is 11.8. The van der Waals surface area contributed by atoms with Crippen LogP contribution in [-0.2, 0) is 4.79 Å². The standard InChI is InChI=1S/C21H26ClNO/c1-14(21-11-16-7-17(12-21)9-18(8-16)13-21)23-20(24)6-5-15-3-2-4-19(22)10-15/h2-6,10,14,16-18H,7-9,11-13H2,1H3,(H,23,24)/b6-5+. The van der Waals surface area contributed by atoms with Crippen LogP contribution in [0.4, 0.5) is 0 Å². The second-order valence-electron chi connectivity index (χ2n) is 8.40. The van der Waals surface area contributed by atoms with E-state index in [2.05, 4.69) is 12.2 Å². The minimum absolute atomic E-state index is 0.0122. The van der Waals surface area contributed by atoms with Crippen molar-refractivity contribution in [3.63, 3.8) is 0 Å². The molecule has 4 aliphatic carbocycles. The molecule has 1 aromatic carbocycles. The summed E-state index contributed by atoms with van der Waals surface area (Å²) in [4.78, 5) is 12.4. The average molecular weight is 344 g/mol. The first-order chi connectivity index (χ1) is 11.5. The summed E-state index contributed by atoms with van der Waals surface area (Å²) in [6, 6.07) is 7.83. The smallest absolute Gasteiger partial charge is 0.244 e. The number of carbonyl (C=O) groups is 1. The van der Waals surface area contributed by atoms with Crippen molar-refractivity contribution in [3.8, 4) is 0 Å². The van der Waals surface area contributed by atoms with Crippen molar-refractivity contribution >= 4 is 23.6 Å². The first kappa shape index (κ1) is 16.2. The predicted octanol–water partition coefficient (Wildman–Crippen LogP) is 5.07. The van der Waals surface area contributed by atoms with E-state index in [1.807, 2.05) is 30.3 Å². The van der Waals surface area contributed by atoms with E-state index in [9.17, 15) is 4.79 Å². The quantitative estimate of drug-likeness (QED) is 0.759. The molecule has 24 heavy (non-hydrogen) atoms. The van der Waals surface area contributed by atoms with Gasteiger partial charge in [-0.05, 0) is 92.4 Å². The van der Waals surface area contributed by atoms with E-state index in [-0.39, 0.29) is 11.9 Å². The molecule has 4 bridgehead atoms. The monoisotopic (exact) mass is 343 g/mol. The maximum absolute atomic E-state index is 12.4. The first-order valence-electron chi connectivity index (χ1n) is 9.26. The molecular weight excluding hydrogens is 318 g/mol. The van der Waals surface area contributed by atoms with Crippen LogP contribution in [-0.4, -0.2) is 11.9 Å². The average Bonchev–Trinajstić information content (AvgIpc) is 2.52. The van der Waals surface area contributed by atoms with Crippen LogP contribution in [0.25, 0.3) is 6.08 Å². The molecule has 1 N–H and O–H groups in total. The number of halogens is 1. The Hall–Kier alpha value is -1.28. The molecule has 0 saturated heterocycles. The third-order valence-corrected chi connectivity index (χ3v) is 6.87. The lowest BCUT2D eigenvalue weighted by Crippen LogP contribution is -2.55. The molecule has 4 aliphatic rings. The number of amides is 1. The SMILES string of the molecule is CC(NC(=O)/C=C/c1cccc(Cl)c1)C12CC3CC(CC(C3)C1)C2. The number of rotatable bonds is 4. The zero-order valence-corrected chi connectivity index (χ0v) is 15.1. The first-order valence-corrected chi connectivity index (χ1v) is 9.64. The van der Waals surface area contributed by atoms with Crippen LogP contribution in [0.2, 0.25) is 5.02 Å². The topological polar surface area (TPSA) is 29.1 Å². The van der Waals surface area contributed by atoms with Gasteiger partial charge >= 0.3 is 0 Å². The Kier molecular flexibility index (Phi) is 4.20. The highest BCUT2D eigenvalue weighted by atomic mass is 35.5. The molecule has 1 atom stereocenters. The molecule has 1 amide bonds. The van der Waals surface area contributed by atoms with Gasteiger partial charge < -0.3 is 5.32 Å². The summed E-state index contributed by atoms with van der Waals surface area (Å²) < 4.78 is 0. The van der Waals surface area contributed by atoms with Gasteiger partial charge in [0.15, 0.2) is 0 Å². The van der Waals surface area contributed by atoms with Gasteiger partial charge in [0, 0.05) is 17.1 Å². The van der Waals surface area contributed by atoms with Crippen molar-refractivity contribution in [3.05, 3.63) is 40.9 Å². The van der Waals surface area contributed by atoms with E-state index in [4.69, 9.17) is 11.6 Å².